The van der Waals surface area contributed by atoms with E-state index in [1.807, 2.05) is 5.38 Å². The van der Waals surface area contributed by atoms with Gasteiger partial charge in [-0.25, -0.2) is 13.1 Å². The Balaban J connectivity index is 2.05. The molecule has 0 bridgehead atoms. The number of ether oxygens (including phenoxy) is 1. The van der Waals surface area contributed by atoms with Crippen LogP contribution in [-0.2, 0) is 14.8 Å². The molecular formula is C15H18N2O4S2. The zero-order valence-electron chi connectivity index (χ0n) is 12.8. The number of rotatable bonds is 7. The summed E-state index contributed by atoms with van der Waals surface area (Å²) in [6.45, 7) is 2.00. The van der Waals surface area contributed by atoms with E-state index in [9.17, 15) is 13.2 Å². The predicted octanol–water partition coefficient (Wildman–Crippen LogP) is 2.31. The van der Waals surface area contributed by atoms with Crippen LogP contribution in [0.3, 0.4) is 0 Å². The number of hydrogen-bond acceptors (Lipinski definition) is 5. The maximum absolute atomic E-state index is 12.2. The first-order chi connectivity index (χ1) is 10.9. The molecule has 2 aromatic rings. The number of hydrogen-bond donors (Lipinski definition) is 2. The summed E-state index contributed by atoms with van der Waals surface area (Å²) < 4.78 is 31.8. The van der Waals surface area contributed by atoms with E-state index in [1.54, 1.807) is 30.5 Å². The van der Waals surface area contributed by atoms with Gasteiger partial charge in [-0.2, -0.15) is 11.3 Å². The molecule has 1 heterocycles. The monoisotopic (exact) mass is 354 g/mol. The lowest BCUT2D eigenvalue weighted by Gasteiger charge is -2.13. The van der Waals surface area contributed by atoms with E-state index in [0.717, 1.165) is 0 Å². The van der Waals surface area contributed by atoms with E-state index in [0.29, 0.717) is 11.3 Å². The molecule has 2 rings (SSSR count). The molecule has 2 N–H and O–H groups in total. The lowest BCUT2D eigenvalue weighted by molar-refractivity contribution is 0.102. The highest BCUT2D eigenvalue weighted by Crippen LogP contribution is 2.16. The molecule has 0 radical (unpaired) electrons. The van der Waals surface area contributed by atoms with E-state index in [1.165, 1.54) is 30.6 Å². The van der Waals surface area contributed by atoms with Gasteiger partial charge in [0, 0.05) is 24.2 Å². The van der Waals surface area contributed by atoms with Crippen LogP contribution in [0.4, 0.5) is 5.69 Å². The lowest BCUT2D eigenvalue weighted by Crippen LogP contribution is -2.35. The fourth-order valence-corrected chi connectivity index (χ4v) is 3.80. The van der Waals surface area contributed by atoms with Crippen LogP contribution in [-0.4, -0.2) is 34.1 Å². The Morgan fingerprint density at radius 1 is 1.26 bits per heavy atom. The Bertz CT molecular complexity index is 740. The number of thiophene rings is 1. The van der Waals surface area contributed by atoms with E-state index in [2.05, 4.69) is 10.0 Å². The summed E-state index contributed by atoms with van der Waals surface area (Å²) in [6, 6.07) is 7.40. The molecule has 6 nitrogen and oxygen atoms in total. The standard InChI is InChI=1S/C15H18N2O4S2/c1-11(9-21-2)17-23(19,20)14-5-3-13(4-6-14)16-15(18)12-7-8-22-10-12/h3-8,10-11,17H,9H2,1-2H3,(H,16,18)/t11-/m0/s1. The summed E-state index contributed by atoms with van der Waals surface area (Å²) >= 11 is 1.44. The van der Waals surface area contributed by atoms with Gasteiger partial charge in [-0.15, -0.1) is 0 Å². The fraction of sp³-hybridized carbons (Fsp3) is 0.267. The normalized spacial score (nSPS) is 12.8. The van der Waals surface area contributed by atoms with E-state index in [4.69, 9.17) is 4.74 Å². The number of methoxy groups -OCH3 is 1. The van der Waals surface area contributed by atoms with Crippen molar-refractivity contribution in [1.82, 2.24) is 4.72 Å². The second-order valence-corrected chi connectivity index (χ2v) is 7.46. The topological polar surface area (TPSA) is 84.5 Å². The van der Waals surface area contributed by atoms with Crippen LogP contribution in [0.25, 0.3) is 0 Å². The largest absolute Gasteiger partial charge is 0.383 e. The van der Waals surface area contributed by atoms with Gasteiger partial charge in [-0.1, -0.05) is 0 Å². The second-order valence-electron chi connectivity index (χ2n) is 4.97. The van der Waals surface area contributed by atoms with Crippen molar-refractivity contribution in [2.75, 3.05) is 19.0 Å². The first kappa shape index (κ1) is 17.6. The van der Waals surface area contributed by atoms with Crippen LogP contribution >= 0.6 is 11.3 Å². The van der Waals surface area contributed by atoms with Crippen LogP contribution in [0, 0.1) is 0 Å². The van der Waals surface area contributed by atoms with Gasteiger partial charge in [0.2, 0.25) is 10.0 Å². The van der Waals surface area contributed by atoms with Crippen LogP contribution in [0.15, 0.2) is 46.0 Å². The molecule has 0 saturated heterocycles. The predicted molar refractivity (Wildman–Crippen MR) is 90.4 cm³/mol. The SMILES string of the molecule is COC[C@H](C)NS(=O)(=O)c1ccc(NC(=O)c2ccsc2)cc1. The molecule has 0 unspecified atom stereocenters. The van der Waals surface area contributed by atoms with Gasteiger partial charge in [0.15, 0.2) is 0 Å². The van der Waals surface area contributed by atoms with Gasteiger partial charge in [0.05, 0.1) is 17.1 Å². The van der Waals surface area contributed by atoms with Crippen molar-refractivity contribution in [1.29, 1.82) is 0 Å². The van der Waals surface area contributed by atoms with Gasteiger partial charge in [-0.3, -0.25) is 4.79 Å². The number of carbonyl (C=O) groups is 1. The fourth-order valence-electron chi connectivity index (χ4n) is 1.93. The Hall–Kier alpha value is -1.74. The molecule has 1 atom stereocenters. The number of benzene rings is 1. The minimum Gasteiger partial charge on any atom is -0.383 e. The van der Waals surface area contributed by atoms with E-state index >= 15 is 0 Å². The molecule has 0 aliphatic carbocycles. The van der Waals surface area contributed by atoms with Gasteiger partial charge < -0.3 is 10.1 Å². The molecule has 1 aromatic heterocycles. The van der Waals surface area contributed by atoms with Crippen LogP contribution in [0.5, 0.6) is 0 Å². The molecule has 1 amide bonds. The molecule has 0 saturated carbocycles. The van der Waals surface area contributed by atoms with Gasteiger partial charge in [0.1, 0.15) is 0 Å². The van der Waals surface area contributed by atoms with Crippen LogP contribution in [0.2, 0.25) is 0 Å². The summed E-state index contributed by atoms with van der Waals surface area (Å²) in [7, 11) is -2.10. The van der Waals surface area contributed by atoms with E-state index in [-0.39, 0.29) is 23.5 Å². The first-order valence-electron chi connectivity index (χ1n) is 6.87. The molecule has 1 aromatic carbocycles. The Labute approximate surface area is 139 Å². The van der Waals surface area contributed by atoms with Gasteiger partial charge >= 0.3 is 0 Å². The molecule has 8 heteroatoms. The summed E-state index contributed by atoms with van der Waals surface area (Å²) in [5, 5.41) is 6.28. The highest BCUT2D eigenvalue weighted by Gasteiger charge is 2.17. The number of amides is 1. The highest BCUT2D eigenvalue weighted by molar-refractivity contribution is 7.89. The van der Waals surface area contributed by atoms with E-state index < -0.39 is 10.0 Å². The second kappa shape index (κ2) is 7.69. The molecular weight excluding hydrogens is 336 g/mol. The van der Waals surface area contributed by atoms with Crippen LogP contribution in [0.1, 0.15) is 17.3 Å². The average Bonchev–Trinajstić information content (AvgIpc) is 3.01. The third-order valence-corrected chi connectivity index (χ3v) is 5.27. The number of anilines is 1. The van der Waals surface area contributed by atoms with Crippen molar-refractivity contribution in [3.8, 4) is 0 Å². The van der Waals surface area contributed by atoms with Crippen molar-refractivity contribution in [3.05, 3.63) is 46.7 Å². The van der Waals surface area contributed by atoms with Gasteiger partial charge in [-0.05, 0) is 42.6 Å². The van der Waals surface area contributed by atoms with Crippen molar-refractivity contribution < 1.29 is 17.9 Å². The zero-order valence-corrected chi connectivity index (χ0v) is 14.4. The Kier molecular flexibility index (Phi) is 5.89. The quantitative estimate of drug-likeness (QED) is 0.799. The Morgan fingerprint density at radius 2 is 1.96 bits per heavy atom. The molecule has 23 heavy (non-hydrogen) atoms. The molecule has 0 aliphatic heterocycles. The number of sulfonamides is 1. The molecule has 0 fully saturated rings. The maximum atomic E-state index is 12.2. The van der Waals surface area contributed by atoms with Crippen molar-refractivity contribution in [2.45, 2.75) is 17.9 Å². The maximum Gasteiger partial charge on any atom is 0.256 e. The highest BCUT2D eigenvalue weighted by atomic mass is 32.2. The molecule has 124 valence electrons. The Morgan fingerprint density at radius 3 is 2.52 bits per heavy atom. The van der Waals surface area contributed by atoms with Crippen molar-refractivity contribution in [2.24, 2.45) is 0 Å². The summed E-state index contributed by atoms with van der Waals surface area (Å²) in [4.78, 5) is 12.1. The summed E-state index contributed by atoms with van der Waals surface area (Å²) in [6.07, 6.45) is 0. The summed E-state index contributed by atoms with van der Waals surface area (Å²) in [5.74, 6) is -0.228. The van der Waals surface area contributed by atoms with Crippen molar-refractivity contribution in [3.63, 3.8) is 0 Å². The average molecular weight is 354 g/mol. The minimum absolute atomic E-state index is 0.133. The lowest BCUT2D eigenvalue weighted by atomic mass is 10.3. The molecule has 0 spiro atoms. The first-order valence-corrected chi connectivity index (χ1v) is 9.30. The third kappa shape index (κ3) is 4.87. The smallest absolute Gasteiger partial charge is 0.256 e. The van der Waals surface area contributed by atoms with Crippen LogP contribution < -0.4 is 10.0 Å². The third-order valence-electron chi connectivity index (χ3n) is 2.98. The number of nitrogens with one attached hydrogen (secondary N) is 2. The minimum atomic E-state index is -3.61. The van der Waals surface area contributed by atoms with Gasteiger partial charge in [0.25, 0.3) is 5.91 Å². The summed E-state index contributed by atoms with van der Waals surface area (Å²) in [5.41, 5.74) is 1.10. The number of carbonyl (C=O) groups excluding carboxylic acids is 1. The zero-order chi connectivity index (χ0) is 16.9. The molecule has 0 aliphatic rings. The van der Waals surface area contributed by atoms with Crippen molar-refractivity contribution >= 4 is 33.0 Å².